The van der Waals surface area contributed by atoms with Crippen molar-refractivity contribution in [1.29, 1.82) is 0 Å². The van der Waals surface area contributed by atoms with Crippen LogP contribution < -0.4 is 9.47 Å². The number of carbonyl (C=O) groups excluding carboxylic acids is 1. The second-order valence-corrected chi connectivity index (χ2v) is 8.90. The Morgan fingerprint density at radius 3 is 2.60 bits per heavy atom. The molecule has 2 heterocycles. The normalized spacial score (nSPS) is 20.2. The number of nitrogens with zero attached hydrogens (tertiary/aromatic N) is 1. The Hall–Kier alpha value is -2.53. The summed E-state index contributed by atoms with van der Waals surface area (Å²) in [5, 5.41) is 0. The van der Waals surface area contributed by atoms with Gasteiger partial charge in [0.25, 0.3) is 0 Å². The standard InChI is InChI=1S/C25H24BrNO3/c1-29-23-12-16-9-10-27-20-7-4-8-22(28)25(20)19(15-5-3-6-17(26)11-15)13-21(27)18(16)14-24(23)30-2/h3,5-6,11-14,19H,4,7-10H2,1-2H3. The number of benzene rings is 2. The number of allylic oxidation sites excluding steroid dienone is 3. The number of ether oxygens (including phenoxy) is 2. The summed E-state index contributed by atoms with van der Waals surface area (Å²) in [6, 6.07) is 12.5. The highest BCUT2D eigenvalue weighted by Gasteiger charge is 2.38. The van der Waals surface area contributed by atoms with Crippen molar-refractivity contribution in [3.8, 4) is 11.5 Å². The van der Waals surface area contributed by atoms with Crippen molar-refractivity contribution in [2.75, 3.05) is 20.8 Å². The lowest BCUT2D eigenvalue weighted by Crippen LogP contribution is -2.36. The lowest BCUT2D eigenvalue weighted by Gasteiger charge is -2.43. The van der Waals surface area contributed by atoms with Crippen molar-refractivity contribution in [2.45, 2.75) is 31.6 Å². The summed E-state index contributed by atoms with van der Waals surface area (Å²) in [5.74, 6) is 1.75. The van der Waals surface area contributed by atoms with Gasteiger partial charge in [0.15, 0.2) is 17.3 Å². The number of carbonyl (C=O) groups is 1. The maximum Gasteiger partial charge on any atom is 0.161 e. The van der Waals surface area contributed by atoms with Crippen LogP contribution in [0.1, 0.15) is 41.9 Å². The fourth-order valence-electron chi connectivity index (χ4n) is 5.01. The predicted octanol–water partition coefficient (Wildman–Crippen LogP) is 5.47. The fraction of sp³-hybridized carbons (Fsp3) is 0.320. The summed E-state index contributed by atoms with van der Waals surface area (Å²) in [6.07, 6.45) is 5.70. The van der Waals surface area contributed by atoms with E-state index < -0.39 is 0 Å². The number of fused-ring (bicyclic) bond motifs is 4. The molecule has 5 heteroatoms. The molecule has 1 aliphatic carbocycles. The molecule has 154 valence electrons. The molecule has 3 aliphatic rings. The minimum absolute atomic E-state index is 0.0319. The first-order valence-electron chi connectivity index (χ1n) is 10.4. The van der Waals surface area contributed by atoms with Gasteiger partial charge in [0.2, 0.25) is 0 Å². The minimum atomic E-state index is -0.0319. The molecule has 0 amide bonds. The van der Waals surface area contributed by atoms with E-state index in [4.69, 9.17) is 9.47 Å². The average molecular weight is 466 g/mol. The first kappa shape index (κ1) is 19.4. The van der Waals surface area contributed by atoms with Crippen molar-refractivity contribution in [3.05, 3.63) is 74.9 Å². The van der Waals surface area contributed by atoms with E-state index in [9.17, 15) is 4.79 Å². The SMILES string of the molecule is COc1cc2c(cc1OC)C1=CC(c3cccc(Br)c3)C3=C(CCCC3=O)N1CC2. The smallest absolute Gasteiger partial charge is 0.161 e. The Morgan fingerprint density at radius 1 is 1.03 bits per heavy atom. The molecule has 2 aromatic carbocycles. The third kappa shape index (κ3) is 3.07. The Labute approximate surface area is 185 Å². The zero-order chi connectivity index (χ0) is 20.8. The minimum Gasteiger partial charge on any atom is -0.493 e. The van der Waals surface area contributed by atoms with Crippen LogP contribution in [0.2, 0.25) is 0 Å². The van der Waals surface area contributed by atoms with Gasteiger partial charge < -0.3 is 14.4 Å². The van der Waals surface area contributed by atoms with Crippen molar-refractivity contribution in [2.24, 2.45) is 0 Å². The zero-order valence-electron chi connectivity index (χ0n) is 17.2. The van der Waals surface area contributed by atoms with E-state index in [0.717, 1.165) is 52.9 Å². The van der Waals surface area contributed by atoms with E-state index in [1.165, 1.54) is 22.5 Å². The van der Waals surface area contributed by atoms with E-state index in [2.05, 4.69) is 51.2 Å². The lowest BCUT2D eigenvalue weighted by atomic mass is 9.77. The first-order chi connectivity index (χ1) is 14.6. The molecule has 0 saturated carbocycles. The molecule has 0 bridgehead atoms. The van der Waals surface area contributed by atoms with Gasteiger partial charge in [-0.1, -0.05) is 28.1 Å². The summed E-state index contributed by atoms with van der Waals surface area (Å²) < 4.78 is 12.1. The monoisotopic (exact) mass is 465 g/mol. The van der Waals surface area contributed by atoms with E-state index in [-0.39, 0.29) is 11.7 Å². The third-order valence-electron chi connectivity index (χ3n) is 6.38. The maximum atomic E-state index is 13.0. The molecule has 5 rings (SSSR count). The van der Waals surface area contributed by atoms with Crippen LogP contribution in [0.3, 0.4) is 0 Å². The molecular weight excluding hydrogens is 442 g/mol. The van der Waals surface area contributed by atoms with Crippen LogP contribution in [0.15, 0.2) is 58.2 Å². The molecule has 0 radical (unpaired) electrons. The van der Waals surface area contributed by atoms with E-state index in [1.54, 1.807) is 14.2 Å². The molecule has 4 nitrogen and oxygen atoms in total. The Morgan fingerprint density at radius 2 is 1.83 bits per heavy atom. The molecule has 1 atom stereocenters. The number of Topliss-reactive ketones (excluding diaryl/α,β-unsaturated/α-hetero) is 1. The van der Waals surface area contributed by atoms with Crippen molar-refractivity contribution in [1.82, 2.24) is 4.90 Å². The first-order valence-corrected chi connectivity index (χ1v) is 11.2. The van der Waals surface area contributed by atoms with Gasteiger partial charge in [-0.05, 0) is 60.7 Å². The highest BCUT2D eigenvalue weighted by Crippen LogP contribution is 2.48. The van der Waals surface area contributed by atoms with Crippen LogP contribution >= 0.6 is 15.9 Å². The van der Waals surface area contributed by atoms with Gasteiger partial charge in [-0.2, -0.15) is 0 Å². The van der Waals surface area contributed by atoms with Crippen molar-refractivity contribution < 1.29 is 14.3 Å². The van der Waals surface area contributed by atoms with Crippen LogP contribution in [0.5, 0.6) is 11.5 Å². The number of halogens is 1. The zero-order valence-corrected chi connectivity index (χ0v) is 18.8. The van der Waals surface area contributed by atoms with Gasteiger partial charge in [-0.25, -0.2) is 0 Å². The van der Waals surface area contributed by atoms with Gasteiger partial charge in [0.1, 0.15) is 0 Å². The van der Waals surface area contributed by atoms with Crippen molar-refractivity contribution in [3.63, 3.8) is 0 Å². The molecule has 0 spiro atoms. The topological polar surface area (TPSA) is 38.8 Å². The largest absolute Gasteiger partial charge is 0.493 e. The molecule has 2 aliphatic heterocycles. The molecule has 1 unspecified atom stereocenters. The molecule has 0 saturated heterocycles. The maximum absolute atomic E-state index is 13.0. The summed E-state index contributed by atoms with van der Waals surface area (Å²) in [6.45, 7) is 0.881. The summed E-state index contributed by atoms with van der Waals surface area (Å²) in [7, 11) is 3.35. The number of rotatable bonds is 3. The van der Waals surface area contributed by atoms with E-state index in [0.29, 0.717) is 6.42 Å². The van der Waals surface area contributed by atoms with Gasteiger partial charge in [-0.15, -0.1) is 0 Å². The van der Waals surface area contributed by atoms with Crippen LogP contribution in [-0.2, 0) is 11.2 Å². The molecule has 0 fully saturated rings. The summed E-state index contributed by atoms with van der Waals surface area (Å²) in [5.41, 5.74) is 6.93. The highest BCUT2D eigenvalue weighted by atomic mass is 79.9. The summed E-state index contributed by atoms with van der Waals surface area (Å²) >= 11 is 3.60. The van der Waals surface area contributed by atoms with Crippen LogP contribution in [0.4, 0.5) is 0 Å². The second-order valence-electron chi connectivity index (χ2n) is 7.99. The highest BCUT2D eigenvalue weighted by molar-refractivity contribution is 9.10. The number of hydrogen-bond donors (Lipinski definition) is 0. The Balaban J connectivity index is 1.71. The van der Waals surface area contributed by atoms with Gasteiger partial charge in [-0.3, -0.25) is 4.79 Å². The molecule has 2 aromatic rings. The van der Waals surface area contributed by atoms with Crippen LogP contribution in [-0.4, -0.2) is 31.4 Å². The van der Waals surface area contributed by atoms with E-state index in [1.807, 2.05) is 12.1 Å². The predicted molar refractivity (Wildman–Crippen MR) is 121 cm³/mol. The van der Waals surface area contributed by atoms with Gasteiger partial charge >= 0.3 is 0 Å². The Kier molecular flexibility index (Phi) is 4.94. The molecule has 0 aromatic heterocycles. The average Bonchev–Trinajstić information content (AvgIpc) is 2.77. The fourth-order valence-corrected chi connectivity index (χ4v) is 5.43. The van der Waals surface area contributed by atoms with Gasteiger partial charge in [0.05, 0.1) is 14.2 Å². The van der Waals surface area contributed by atoms with Crippen molar-refractivity contribution >= 4 is 27.4 Å². The quantitative estimate of drug-likeness (QED) is 0.602. The third-order valence-corrected chi connectivity index (χ3v) is 6.87. The Bertz CT molecular complexity index is 1100. The van der Waals surface area contributed by atoms with Crippen LogP contribution in [0, 0.1) is 0 Å². The van der Waals surface area contributed by atoms with Crippen LogP contribution in [0.25, 0.3) is 5.70 Å². The molecule has 30 heavy (non-hydrogen) atoms. The summed E-state index contributed by atoms with van der Waals surface area (Å²) in [4.78, 5) is 15.4. The molecular formula is C25H24BrNO3. The number of hydrogen-bond acceptors (Lipinski definition) is 4. The van der Waals surface area contributed by atoms with E-state index >= 15 is 0 Å². The lowest BCUT2D eigenvalue weighted by molar-refractivity contribution is -0.116. The second kappa shape index (κ2) is 7.62. The molecule has 0 N–H and O–H groups in total. The van der Waals surface area contributed by atoms with Gasteiger partial charge in [0, 0.05) is 45.9 Å². The number of ketones is 1. The number of methoxy groups -OCH3 is 2.